The van der Waals surface area contributed by atoms with Crippen molar-refractivity contribution in [1.82, 2.24) is 0 Å². The standard InChI is InChI=1S/C13H17BrO/c1-3-11(9-14)8-12-4-6-13(7-5-12)10-15-2/h4-8H,3,9-10H2,1-2H3. The average Bonchev–Trinajstić information content (AvgIpc) is 2.28. The first-order chi connectivity index (χ1) is 7.30. The fraction of sp³-hybridized carbons (Fsp3) is 0.385. The van der Waals surface area contributed by atoms with E-state index in [4.69, 9.17) is 4.74 Å². The van der Waals surface area contributed by atoms with Crippen molar-refractivity contribution >= 4 is 22.0 Å². The molecule has 0 aliphatic carbocycles. The normalized spacial score (nSPS) is 11.8. The van der Waals surface area contributed by atoms with Gasteiger partial charge in [-0.15, -0.1) is 0 Å². The highest BCUT2D eigenvalue weighted by Crippen LogP contribution is 2.13. The first-order valence-electron chi connectivity index (χ1n) is 5.13. The Bertz CT molecular complexity index is 308. The van der Waals surface area contributed by atoms with E-state index in [1.165, 1.54) is 16.7 Å². The smallest absolute Gasteiger partial charge is 0.0713 e. The van der Waals surface area contributed by atoms with Gasteiger partial charge in [0.05, 0.1) is 6.61 Å². The number of rotatable bonds is 5. The molecule has 0 fully saturated rings. The maximum absolute atomic E-state index is 5.07. The molecule has 0 radical (unpaired) electrons. The van der Waals surface area contributed by atoms with Gasteiger partial charge in [0.1, 0.15) is 0 Å². The van der Waals surface area contributed by atoms with E-state index in [1.54, 1.807) is 7.11 Å². The molecule has 1 aromatic rings. The van der Waals surface area contributed by atoms with Gasteiger partial charge < -0.3 is 4.74 Å². The number of hydrogen-bond donors (Lipinski definition) is 0. The molecule has 0 atom stereocenters. The number of hydrogen-bond acceptors (Lipinski definition) is 1. The minimum Gasteiger partial charge on any atom is -0.380 e. The van der Waals surface area contributed by atoms with E-state index >= 15 is 0 Å². The van der Waals surface area contributed by atoms with Crippen LogP contribution in [-0.2, 0) is 11.3 Å². The molecule has 0 heterocycles. The third-order valence-electron chi connectivity index (χ3n) is 2.29. The maximum atomic E-state index is 5.07. The molecule has 0 spiro atoms. The summed E-state index contributed by atoms with van der Waals surface area (Å²) >= 11 is 3.48. The van der Waals surface area contributed by atoms with E-state index in [2.05, 4.69) is 53.2 Å². The lowest BCUT2D eigenvalue weighted by atomic mass is 10.1. The van der Waals surface area contributed by atoms with Crippen molar-refractivity contribution in [2.75, 3.05) is 12.4 Å². The molecule has 0 saturated carbocycles. The topological polar surface area (TPSA) is 9.23 Å². The van der Waals surface area contributed by atoms with Gasteiger partial charge in [0, 0.05) is 12.4 Å². The van der Waals surface area contributed by atoms with Crippen molar-refractivity contribution in [3.8, 4) is 0 Å². The van der Waals surface area contributed by atoms with Crippen LogP contribution in [-0.4, -0.2) is 12.4 Å². The summed E-state index contributed by atoms with van der Waals surface area (Å²) in [7, 11) is 1.72. The Morgan fingerprint density at radius 1 is 1.33 bits per heavy atom. The summed E-state index contributed by atoms with van der Waals surface area (Å²) in [5.41, 5.74) is 3.88. The van der Waals surface area contributed by atoms with Crippen LogP contribution in [0.2, 0.25) is 0 Å². The zero-order valence-electron chi connectivity index (χ0n) is 9.29. The van der Waals surface area contributed by atoms with Gasteiger partial charge in [0.2, 0.25) is 0 Å². The van der Waals surface area contributed by atoms with Crippen LogP contribution in [0.4, 0.5) is 0 Å². The van der Waals surface area contributed by atoms with Crippen LogP contribution in [0.3, 0.4) is 0 Å². The number of alkyl halides is 1. The minimum absolute atomic E-state index is 0.684. The molecular formula is C13H17BrO. The average molecular weight is 269 g/mol. The first kappa shape index (κ1) is 12.5. The van der Waals surface area contributed by atoms with Crippen LogP contribution in [0.25, 0.3) is 6.08 Å². The summed E-state index contributed by atoms with van der Waals surface area (Å²) in [5.74, 6) is 0. The van der Waals surface area contributed by atoms with Gasteiger partial charge in [0.15, 0.2) is 0 Å². The molecule has 0 amide bonds. The molecule has 15 heavy (non-hydrogen) atoms. The zero-order chi connectivity index (χ0) is 11.1. The van der Waals surface area contributed by atoms with E-state index in [0.29, 0.717) is 6.61 Å². The Hall–Kier alpha value is -0.600. The maximum Gasteiger partial charge on any atom is 0.0713 e. The summed E-state index contributed by atoms with van der Waals surface area (Å²) in [6, 6.07) is 8.48. The Balaban J connectivity index is 2.75. The second kappa shape index (κ2) is 6.81. The van der Waals surface area contributed by atoms with Crippen molar-refractivity contribution in [1.29, 1.82) is 0 Å². The third kappa shape index (κ3) is 4.18. The fourth-order valence-corrected chi connectivity index (χ4v) is 1.91. The summed E-state index contributed by atoms with van der Waals surface area (Å²) < 4.78 is 5.07. The molecule has 82 valence electrons. The number of ether oxygens (including phenoxy) is 1. The third-order valence-corrected chi connectivity index (χ3v) is 3.01. The number of halogens is 1. The highest BCUT2D eigenvalue weighted by Gasteiger charge is 1.94. The molecule has 0 N–H and O–H groups in total. The van der Waals surface area contributed by atoms with Crippen molar-refractivity contribution < 1.29 is 4.74 Å². The summed E-state index contributed by atoms with van der Waals surface area (Å²) in [5, 5.41) is 0.948. The van der Waals surface area contributed by atoms with Crippen molar-refractivity contribution in [2.24, 2.45) is 0 Å². The number of allylic oxidation sites excluding steroid dienone is 1. The van der Waals surface area contributed by atoms with Crippen LogP contribution in [0, 0.1) is 0 Å². The van der Waals surface area contributed by atoms with Gasteiger partial charge in [-0.2, -0.15) is 0 Å². The molecule has 0 bridgehead atoms. The number of benzene rings is 1. The SMILES string of the molecule is CCC(=Cc1ccc(COC)cc1)CBr. The van der Waals surface area contributed by atoms with E-state index < -0.39 is 0 Å². The predicted octanol–water partition coefficient (Wildman–Crippen LogP) is 4.02. The van der Waals surface area contributed by atoms with Crippen LogP contribution < -0.4 is 0 Å². The van der Waals surface area contributed by atoms with Gasteiger partial charge in [-0.05, 0) is 17.5 Å². The lowest BCUT2D eigenvalue weighted by molar-refractivity contribution is 0.185. The highest BCUT2D eigenvalue weighted by atomic mass is 79.9. The molecular weight excluding hydrogens is 252 g/mol. The fourth-order valence-electron chi connectivity index (χ4n) is 1.35. The first-order valence-corrected chi connectivity index (χ1v) is 6.25. The lowest BCUT2D eigenvalue weighted by Gasteiger charge is -2.02. The lowest BCUT2D eigenvalue weighted by Crippen LogP contribution is -1.87. The van der Waals surface area contributed by atoms with Crippen LogP contribution in [0.15, 0.2) is 29.8 Å². The Morgan fingerprint density at radius 3 is 2.47 bits per heavy atom. The molecule has 0 unspecified atom stereocenters. The quantitative estimate of drug-likeness (QED) is 0.733. The van der Waals surface area contributed by atoms with Crippen LogP contribution in [0.5, 0.6) is 0 Å². The van der Waals surface area contributed by atoms with Crippen molar-refractivity contribution in [3.05, 3.63) is 41.0 Å². The Morgan fingerprint density at radius 2 is 2.00 bits per heavy atom. The Labute approximate surface area is 100 Å². The molecule has 0 aliphatic heterocycles. The van der Waals surface area contributed by atoms with E-state index in [-0.39, 0.29) is 0 Å². The van der Waals surface area contributed by atoms with Gasteiger partial charge in [-0.1, -0.05) is 58.8 Å². The van der Waals surface area contributed by atoms with E-state index in [9.17, 15) is 0 Å². The molecule has 0 aliphatic rings. The molecule has 1 aromatic carbocycles. The van der Waals surface area contributed by atoms with Gasteiger partial charge in [-0.3, -0.25) is 0 Å². The molecule has 0 aromatic heterocycles. The Kier molecular flexibility index (Phi) is 5.66. The van der Waals surface area contributed by atoms with Gasteiger partial charge >= 0.3 is 0 Å². The summed E-state index contributed by atoms with van der Waals surface area (Å²) in [6.45, 7) is 2.86. The second-order valence-corrected chi connectivity index (χ2v) is 4.03. The van der Waals surface area contributed by atoms with E-state index in [0.717, 1.165) is 11.8 Å². The minimum atomic E-state index is 0.684. The summed E-state index contributed by atoms with van der Waals surface area (Å²) in [6.07, 6.45) is 3.32. The molecule has 2 heteroatoms. The molecule has 1 nitrogen and oxygen atoms in total. The van der Waals surface area contributed by atoms with Crippen LogP contribution >= 0.6 is 15.9 Å². The second-order valence-electron chi connectivity index (χ2n) is 3.46. The number of methoxy groups -OCH3 is 1. The predicted molar refractivity (Wildman–Crippen MR) is 69.2 cm³/mol. The molecule has 0 saturated heterocycles. The van der Waals surface area contributed by atoms with Crippen molar-refractivity contribution in [2.45, 2.75) is 20.0 Å². The molecule has 1 rings (SSSR count). The van der Waals surface area contributed by atoms with Crippen LogP contribution in [0.1, 0.15) is 24.5 Å². The largest absolute Gasteiger partial charge is 0.380 e. The zero-order valence-corrected chi connectivity index (χ0v) is 10.9. The van der Waals surface area contributed by atoms with Gasteiger partial charge in [-0.25, -0.2) is 0 Å². The van der Waals surface area contributed by atoms with Crippen molar-refractivity contribution in [3.63, 3.8) is 0 Å². The monoisotopic (exact) mass is 268 g/mol. The highest BCUT2D eigenvalue weighted by molar-refractivity contribution is 9.09. The van der Waals surface area contributed by atoms with Gasteiger partial charge in [0.25, 0.3) is 0 Å². The van der Waals surface area contributed by atoms with E-state index in [1.807, 2.05) is 0 Å². The summed E-state index contributed by atoms with van der Waals surface area (Å²) in [4.78, 5) is 0.